The molecule has 3 rings (SSSR count). The number of aryl methyl sites for hydroxylation is 1. The Bertz CT molecular complexity index is 843. The Morgan fingerprint density at radius 2 is 1.82 bits per heavy atom. The second kappa shape index (κ2) is 5.37. The molecule has 0 aliphatic carbocycles. The molecule has 1 N–H and O–H groups in total. The van der Waals surface area contributed by atoms with Crippen LogP contribution in [0.2, 0.25) is 0 Å². The van der Waals surface area contributed by atoms with E-state index in [1.165, 1.54) is 4.31 Å². The highest BCUT2D eigenvalue weighted by Crippen LogP contribution is 2.30. The number of thiocarbonyl (C=S) groups is 1. The summed E-state index contributed by atoms with van der Waals surface area (Å²) >= 11 is 5.15. The lowest BCUT2D eigenvalue weighted by molar-refractivity contribution is 0.594. The summed E-state index contributed by atoms with van der Waals surface area (Å²) in [4.78, 5) is 1.05. The minimum atomic E-state index is -3.56. The average Bonchev–Trinajstić information content (AvgIpc) is 2.86. The quantitative estimate of drug-likeness (QED) is 0.878. The van der Waals surface area contributed by atoms with Crippen LogP contribution < -0.4 is 9.62 Å². The molecule has 0 bridgehead atoms. The Morgan fingerprint density at radius 3 is 2.50 bits per heavy atom. The zero-order valence-electron chi connectivity index (χ0n) is 12.3. The second-order valence-corrected chi connectivity index (χ2v) is 7.81. The van der Waals surface area contributed by atoms with E-state index in [2.05, 4.69) is 5.32 Å². The number of nitrogens with zero attached hydrogens (tertiary/aromatic N) is 1. The lowest BCUT2D eigenvalue weighted by atomic mass is 10.1. The van der Waals surface area contributed by atoms with Gasteiger partial charge in [-0.25, -0.2) is 8.42 Å². The second-order valence-electron chi connectivity index (χ2n) is 5.35. The van der Waals surface area contributed by atoms with Gasteiger partial charge in [-0.05, 0) is 42.8 Å². The first-order valence-corrected chi connectivity index (χ1v) is 8.71. The molecule has 0 atom stereocenters. The van der Waals surface area contributed by atoms with Gasteiger partial charge < -0.3 is 5.32 Å². The maximum Gasteiger partial charge on any atom is 0.264 e. The third-order valence-corrected chi connectivity index (χ3v) is 5.80. The molecule has 6 heteroatoms. The molecule has 4 nitrogen and oxygen atoms in total. The summed E-state index contributed by atoms with van der Waals surface area (Å²) in [6.07, 6.45) is 0.650. The van der Waals surface area contributed by atoms with Crippen molar-refractivity contribution in [3.8, 4) is 0 Å². The summed E-state index contributed by atoms with van der Waals surface area (Å²) in [7, 11) is -1.99. The van der Waals surface area contributed by atoms with Gasteiger partial charge in [0.1, 0.15) is 0 Å². The summed E-state index contributed by atoms with van der Waals surface area (Å²) in [5.74, 6) is 0. The molecule has 0 saturated carbocycles. The zero-order chi connectivity index (χ0) is 15.9. The minimum absolute atomic E-state index is 0.287. The maximum absolute atomic E-state index is 12.7. The minimum Gasteiger partial charge on any atom is -0.350 e. The predicted molar refractivity (Wildman–Crippen MR) is 93.1 cm³/mol. The van der Waals surface area contributed by atoms with Crippen molar-refractivity contribution < 1.29 is 8.42 Å². The van der Waals surface area contributed by atoms with Crippen molar-refractivity contribution in [3.05, 3.63) is 53.6 Å². The number of hydrogen-bond donors (Lipinski definition) is 1. The standard InChI is InChI=1S/C16H16N2O2S2/c1-11-3-6-14(7-4-11)22(19,20)18(2)13-5-8-15-12(9-13)10-16(21)17-15/h3-9H,10H2,1-2H3,(H,17,21). The van der Waals surface area contributed by atoms with Gasteiger partial charge in [-0.3, -0.25) is 4.31 Å². The van der Waals surface area contributed by atoms with Crippen molar-refractivity contribution in [2.75, 3.05) is 16.7 Å². The van der Waals surface area contributed by atoms with Crippen molar-refractivity contribution in [2.24, 2.45) is 0 Å². The molecule has 1 aliphatic rings. The normalized spacial score (nSPS) is 13.6. The molecule has 0 aromatic heterocycles. The molecule has 0 spiro atoms. The summed E-state index contributed by atoms with van der Waals surface area (Å²) in [5.41, 5.74) is 3.63. The molecule has 1 aliphatic heterocycles. The first-order chi connectivity index (χ1) is 10.4. The molecular formula is C16H16N2O2S2. The number of benzene rings is 2. The first-order valence-electron chi connectivity index (χ1n) is 6.86. The average molecular weight is 332 g/mol. The Balaban J connectivity index is 1.97. The monoisotopic (exact) mass is 332 g/mol. The SMILES string of the molecule is Cc1ccc(S(=O)(=O)N(C)c2ccc3c(c2)CC(=S)N3)cc1. The Labute approximate surface area is 135 Å². The van der Waals surface area contributed by atoms with Crippen molar-refractivity contribution >= 4 is 38.6 Å². The van der Waals surface area contributed by atoms with E-state index in [0.717, 1.165) is 21.8 Å². The van der Waals surface area contributed by atoms with Crippen LogP contribution in [0.3, 0.4) is 0 Å². The van der Waals surface area contributed by atoms with Crippen LogP contribution in [0.4, 0.5) is 11.4 Å². The van der Waals surface area contributed by atoms with Crippen molar-refractivity contribution in [2.45, 2.75) is 18.2 Å². The molecule has 0 saturated heterocycles. The van der Waals surface area contributed by atoms with Gasteiger partial charge in [-0.1, -0.05) is 29.9 Å². The van der Waals surface area contributed by atoms with E-state index in [9.17, 15) is 8.42 Å². The first kappa shape index (κ1) is 15.0. The van der Waals surface area contributed by atoms with E-state index < -0.39 is 10.0 Å². The van der Waals surface area contributed by atoms with E-state index in [0.29, 0.717) is 12.1 Å². The molecule has 0 radical (unpaired) electrons. The predicted octanol–water partition coefficient (Wildman–Crippen LogP) is 3.12. The van der Waals surface area contributed by atoms with E-state index in [-0.39, 0.29) is 4.90 Å². The topological polar surface area (TPSA) is 49.4 Å². The summed E-state index contributed by atoms with van der Waals surface area (Å²) in [6, 6.07) is 12.4. The van der Waals surface area contributed by atoms with Crippen LogP contribution in [0.15, 0.2) is 47.4 Å². The van der Waals surface area contributed by atoms with Gasteiger partial charge in [0.05, 0.1) is 15.6 Å². The number of sulfonamides is 1. The van der Waals surface area contributed by atoms with Gasteiger partial charge in [0.25, 0.3) is 10.0 Å². The lowest BCUT2D eigenvalue weighted by Crippen LogP contribution is -2.26. The third-order valence-electron chi connectivity index (χ3n) is 3.76. The Kier molecular flexibility index (Phi) is 3.66. The van der Waals surface area contributed by atoms with E-state index in [1.54, 1.807) is 37.4 Å². The van der Waals surface area contributed by atoms with Crippen molar-refractivity contribution in [1.29, 1.82) is 0 Å². The molecule has 22 heavy (non-hydrogen) atoms. The Morgan fingerprint density at radius 1 is 1.14 bits per heavy atom. The lowest BCUT2D eigenvalue weighted by Gasteiger charge is -2.20. The molecule has 114 valence electrons. The van der Waals surface area contributed by atoms with E-state index in [4.69, 9.17) is 12.2 Å². The van der Waals surface area contributed by atoms with Crippen LogP contribution >= 0.6 is 12.2 Å². The summed E-state index contributed by atoms with van der Waals surface area (Å²) in [6.45, 7) is 1.93. The van der Waals surface area contributed by atoms with Gasteiger partial charge in [-0.2, -0.15) is 0 Å². The highest BCUT2D eigenvalue weighted by molar-refractivity contribution is 7.92. The van der Waals surface area contributed by atoms with Gasteiger partial charge in [0, 0.05) is 19.2 Å². The molecule has 0 fully saturated rings. The van der Waals surface area contributed by atoms with Crippen molar-refractivity contribution in [1.82, 2.24) is 0 Å². The van der Waals surface area contributed by atoms with Crippen LogP contribution in [0.5, 0.6) is 0 Å². The fourth-order valence-corrected chi connectivity index (χ4v) is 3.87. The fraction of sp³-hybridized carbons (Fsp3) is 0.188. The smallest absolute Gasteiger partial charge is 0.264 e. The van der Waals surface area contributed by atoms with Crippen LogP contribution in [0, 0.1) is 6.92 Å². The van der Waals surface area contributed by atoms with Gasteiger partial charge in [0.15, 0.2) is 0 Å². The molecular weight excluding hydrogens is 316 g/mol. The summed E-state index contributed by atoms with van der Waals surface area (Å²) < 4.78 is 26.7. The largest absolute Gasteiger partial charge is 0.350 e. The molecule has 0 unspecified atom stereocenters. The molecule has 2 aromatic rings. The van der Waals surface area contributed by atoms with Gasteiger partial charge in [0.2, 0.25) is 0 Å². The Hall–Kier alpha value is -1.92. The molecule has 0 amide bonds. The number of anilines is 2. The zero-order valence-corrected chi connectivity index (χ0v) is 14.0. The van der Waals surface area contributed by atoms with Crippen LogP contribution in [0.25, 0.3) is 0 Å². The number of rotatable bonds is 3. The summed E-state index contributed by atoms with van der Waals surface area (Å²) in [5, 5.41) is 3.10. The van der Waals surface area contributed by atoms with Crippen LogP contribution in [0.1, 0.15) is 11.1 Å². The number of fused-ring (bicyclic) bond motifs is 1. The van der Waals surface area contributed by atoms with E-state index >= 15 is 0 Å². The fourth-order valence-electron chi connectivity index (χ4n) is 2.42. The number of nitrogens with one attached hydrogen (secondary N) is 1. The highest BCUT2D eigenvalue weighted by Gasteiger charge is 2.23. The third kappa shape index (κ3) is 2.60. The van der Waals surface area contributed by atoms with Crippen LogP contribution in [-0.2, 0) is 16.4 Å². The van der Waals surface area contributed by atoms with Gasteiger partial charge >= 0.3 is 0 Å². The van der Waals surface area contributed by atoms with Crippen molar-refractivity contribution in [3.63, 3.8) is 0 Å². The van der Waals surface area contributed by atoms with Crippen LogP contribution in [-0.4, -0.2) is 20.5 Å². The van der Waals surface area contributed by atoms with Gasteiger partial charge in [-0.15, -0.1) is 0 Å². The maximum atomic E-state index is 12.7. The van der Waals surface area contributed by atoms with E-state index in [1.807, 2.05) is 19.1 Å². The molecule has 1 heterocycles. The molecule has 2 aromatic carbocycles. The highest BCUT2D eigenvalue weighted by atomic mass is 32.2. The number of hydrogen-bond acceptors (Lipinski definition) is 3.